The van der Waals surface area contributed by atoms with Crippen LogP contribution in [-0.2, 0) is 9.53 Å². The number of benzene rings is 2. The van der Waals surface area contributed by atoms with Crippen LogP contribution in [0.3, 0.4) is 0 Å². The standard InChI is InChI=1S/C16H11BrCl3NO3/c1-8-13(5-4-11(17)15(8)20)21-14(22)7-24-16(23)10-3-2-9(18)6-12(10)19/h2-6H,7H2,1H3,(H,21,22). The molecule has 4 nitrogen and oxygen atoms in total. The summed E-state index contributed by atoms with van der Waals surface area (Å²) in [5.74, 6) is -1.20. The second-order valence-corrected chi connectivity index (χ2v) is 6.86. The molecule has 1 N–H and O–H groups in total. The van der Waals surface area contributed by atoms with Crippen LogP contribution in [0.4, 0.5) is 5.69 Å². The van der Waals surface area contributed by atoms with Crippen LogP contribution in [0.5, 0.6) is 0 Å². The first-order valence-corrected chi connectivity index (χ1v) is 8.59. The molecule has 2 rings (SSSR count). The van der Waals surface area contributed by atoms with Gasteiger partial charge >= 0.3 is 5.97 Å². The molecule has 0 atom stereocenters. The molecule has 24 heavy (non-hydrogen) atoms. The van der Waals surface area contributed by atoms with Crippen LogP contribution in [0, 0.1) is 6.92 Å². The highest BCUT2D eigenvalue weighted by molar-refractivity contribution is 9.10. The predicted molar refractivity (Wildman–Crippen MR) is 99.3 cm³/mol. The van der Waals surface area contributed by atoms with E-state index in [2.05, 4.69) is 21.2 Å². The van der Waals surface area contributed by atoms with E-state index in [-0.39, 0.29) is 10.6 Å². The Morgan fingerprint density at radius 2 is 1.88 bits per heavy atom. The maximum Gasteiger partial charge on any atom is 0.340 e. The molecule has 1 amide bonds. The van der Waals surface area contributed by atoms with E-state index in [0.29, 0.717) is 21.3 Å². The van der Waals surface area contributed by atoms with Gasteiger partial charge in [0.2, 0.25) is 0 Å². The predicted octanol–water partition coefficient (Wildman–Crippen LogP) is 5.51. The summed E-state index contributed by atoms with van der Waals surface area (Å²) < 4.78 is 5.68. The van der Waals surface area contributed by atoms with Crippen LogP contribution in [-0.4, -0.2) is 18.5 Å². The van der Waals surface area contributed by atoms with Gasteiger partial charge in [0.25, 0.3) is 5.91 Å². The molecule has 0 radical (unpaired) electrons. The molecule has 0 aliphatic heterocycles. The lowest BCUT2D eigenvalue weighted by molar-refractivity contribution is -0.119. The molecule has 0 fully saturated rings. The van der Waals surface area contributed by atoms with Crippen molar-refractivity contribution in [2.24, 2.45) is 0 Å². The highest BCUT2D eigenvalue weighted by Crippen LogP contribution is 2.31. The van der Waals surface area contributed by atoms with Gasteiger partial charge in [-0.05, 0) is 58.7 Å². The number of carbonyl (C=O) groups is 2. The number of amides is 1. The summed E-state index contributed by atoms with van der Waals surface area (Å²) in [6.45, 7) is 1.31. The van der Waals surface area contributed by atoms with Crippen molar-refractivity contribution < 1.29 is 14.3 Å². The van der Waals surface area contributed by atoms with Crippen LogP contribution >= 0.6 is 50.7 Å². The van der Waals surface area contributed by atoms with Crippen LogP contribution in [0.15, 0.2) is 34.8 Å². The first-order chi connectivity index (χ1) is 11.3. The molecule has 2 aromatic carbocycles. The van der Waals surface area contributed by atoms with Crippen molar-refractivity contribution in [1.82, 2.24) is 0 Å². The average molecular weight is 452 g/mol. The SMILES string of the molecule is Cc1c(NC(=O)COC(=O)c2ccc(Cl)cc2Cl)ccc(Br)c1Cl. The minimum absolute atomic E-state index is 0.136. The number of ether oxygens (including phenoxy) is 1. The van der Waals surface area contributed by atoms with Gasteiger partial charge in [0, 0.05) is 15.2 Å². The zero-order valence-electron chi connectivity index (χ0n) is 12.3. The Balaban J connectivity index is 1.98. The summed E-state index contributed by atoms with van der Waals surface area (Å²) >= 11 is 21.1. The van der Waals surface area contributed by atoms with Crippen molar-refractivity contribution in [3.8, 4) is 0 Å². The van der Waals surface area contributed by atoms with E-state index in [4.69, 9.17) is 39.5 Å². The Hall–Kier alpha value is -1.27. The van der Waals surface area contributed by atoms with Gasteiger partial charge in [0.1, 0.15) is 0 Å². The molecule has 0 unspecified atom stereocenters. The number of halogens is 4. The normalized spacial score (nSPS) is 10.4. The lowest BCUT2D eigenvalue weighted by Crippen LogP contribution is -2.21. The Morgan fingerprint density at radius 1 is 1.17 bits per heavy atom. The van der Waals surface area contributed by atoms with Crippen molar-refractivity contribution in [3.05, 3.63) is 61.0 Å². The lowest BCUT2D eigenvalue weighted by atomic mass is 10.2. The van der Waals surface area contributed by atoms with E-state index in [0.717, 1.165) is 4.47 Å². The number of rotatable bonds is 4. The van der Waals surface area contributed by atoms with Crippen LogP contribution < -0.4 is 5.32 Å². The van der Waals surface area contributed by atoms with Crippen molar-refractivity contribution in [3.63, 3.8) is 0 Å². The number of anilines is 1. The number of carbonyl (C=O) groups excluding carboxylic acids is 2. The third kappa shape index (κ3) is 4.63. The van der Waals surface area contributed by atoms with Crippen molar-refractivity contribution in [1.29, 1.82) is 0 Å². The summed E-state index contributed by atoms with van der Waals surface area (Å²) in [4.78, 5) is 23.9. The Kier molecular flexibility index (Phi) is 6.52. The number of hydrogen-bond acceptors (Lipinski definition) is 3. The van der Waals surface area contributed by atoms with Gasteiger partial charge < -0.3 is 10.1 Å². The summed E-state index contributed by atoms with van der Waals surface area (Å²) in [6, 6.07) is 7.78. The molecular formula is C16H11BrCl3NO3. The van der Waals surface area contributed by atoms with Gasteiger partial charge in [0.05, 0.1) is 15.6 Å². The zero-order chi connectivity index (χ0) is 17.9. The van der Waals surface area contributed by atoms with Gasteiger partial charge in [-0.25, -0.2) is 4.79 Å². The fraction of sp³-hybridized carbons (Fsp3) is 0.125. The summed E-state index contributed by atoms with van der Waals surface area (Å²) in [7, 11) is 0. The van der Waals surface area contributed by atoms with Crippen molar-refractivity contribution >= 4 is 68.3 Å². The van der Waals surface area contributed by atoms with E-state index < -0.39 is 18.5 Å². The highest BCUT2D eigenvalue weighted by atomic mass is 79.9. The Labute approximate surface area is 162 Å². The minimum atomic E-state index is -0.711. The first kappa shape index (κ1) is 19.1. The Morgan fingerprint density at radius 3 is 2.54 bits per heavy atom. The summed E-state index contributed by atoms with van der Waals surface area (Å²) in [5, 5.41) is 3.69. The number of nitrogens with one attached hydrogen (secondary N) is 1. The molecule has 8 heteroatoms. The molecule has 0 bridgehead atoms. The van der Waals surface area contributed by atoms with Gasteiger partial charge in [0.15, 0.2) is 6.61 Å². The quantitative estimate of drug-likeness (QED) is 0.624. The highest BCUT2D eigenvalue weighted by Gasteiger charge is 2.15. The molecular weight excluding hydrogens is 440 g/mol. The van der Waals surface area contributed by atoms with E-state index in [1.807, 2.05) is 0 Å². The topological polar surface area (TPSA) is 55.4 Å². The smallest absolute Gasteiger partial charge is 0.340 e. The molecule has 0 spiro atoms. The van der Waals surface area contributed by atoms with Gasteiger partial charge in [-0.1, -0.05) is 34.8 Å². The largest absolute Gasteiger partial charge is 0.452 e. The average Bonchev–Trinajstić information content (AvgIpc) is 2.53. The van der Waals surface area contributed by atoms with Gasteiger partial charge in [-0.2, -0.15) is 0 Å². The molecule has 0 saturated carbocycles. The Bertz CT molecular complexity index is 811. The van der Waals surface area contributed by atoms with Gasteiger partial charge in [-0.15, -0.1) is 0 Å². The van der Waals surface area contributed by atoms with E-state index in [9.17, 15) is 9.59 Å². The second-order valence-electron chi connectivity index (χ2n) is 4.78. The van der Waals surface area contributed by atoms with Crippen LogP contribution in [0.25, 0.3) is 0 Å². The zero-order valence-corrected chi connectivity index (χ0v) is 16.2. The number of hydrogen-bond donors (Lipinski definition) is 1. The monoisotopic (exact) mass is 449 g/mol. The maximum atomic E-state index is 11.9. The van der Waals surface area contributed by atoms with Crippen molar-refractivity contribution in [2.45, 2.75) is 6.92 Å². The molecule has 0 aliphatic carbocycles. The van der Waals surface area contributed by atoms with Crippen LogP contribution in [0.1, 0.15) is 15.9 Å². The second kappa shape index (κ2) is 8.21. The van der Waals surface area contributed by atoms with E-state index in [1.165, 1.54) is 18.2 Å². The maximum absolute atomic E-state index is 11.9. The first-order valence-electron chi connectivity index (χ1n) is 6.66. The molecule has 2 aromatic rings. The molecule has 0 aliphatic rings. The molecule has 0 aromatic heterocycles. The third-order valence-corrected chi connectivity index (χ3v) is 5.02. The fourth-order valence-electron chi connectivity index (χ4n) is 1.84. The lowest BCUT2D eigenvalue weighted by Gasteiger charge is -2.11. The fourth-order valence-corrected chi connectivity index (χ4v) is 2.92. The minimum Gasteiger partial charge on any atom is -0.452 e. The third-order valence-electron chi connectivity index (χ3n) is 3.10. The van der Waals surface area contributed by atoms with E-state index >= 15 is 0 Å². The van der Waals surface area contributed by atoms with Crippen LogP contribution in [0.2, 0.25) is 15.1 Å². The van der Waals surface area contributed by atoms with Crippen molar-refractivity contribution in [2.75, 3.05) is 11.9 Å². The molecule has 0 heterocycles. The summed E-state index contributed by atoms with van der Waals surface area (Å²) in [6.07, 6.45) is 0. The number of esters is 1. The summed E-state index contributed by atoms with van der Waals surface area (Å²) in [5.41, 5.74) is 1.37. The molecule has 126 valence electrons. The molecule has 0 saturated heterocycles. The van der Waals surface area contributed by atoms with Gasteiger partial charge in [-0.3, -0.25) is 4.79 Å². The van der Waals surface area contributed by atoms with E-state index in [1.54, 1.807) is 19.1 Å².